The largest absolute Gasteiger partial charge is 0.352 e. The zero-order valence-corrected chi connectivity index (χ0v) is 24.1. The highest BCUT2D eigenvalue weighted by Gasteiger charge is 2.33. The van der Waals surface area contributed by atoms with E-state index >= 15 is 0 Å². The van der Waals surface area contributed by atoms with Crippen LogP contribution in [-0.2, 0) is 32.6 Å². The first-order valence-corrected chi connectivity index (χ1v) is 14.8. The van der Waals surface area contributed by atoms with Crippen LogP contribution in [-0.4, -0.2) is 55.1 Å². The quantitative estimate of drug-likeness (QED) is 0.279. The Balaban J connectivity index is 1.68. The van der Waals surface area contributed by atoms with Gasteiger partial charge in [-0.25, -0.2) is 12.8 Å². The van der Waals surface area contributed by atoms with E-state index in [1.165, 1.54) is 24.1 Å². The molecule has 214 valence electrons. The van der Waals surface area contributed by atoms with Gasteiger partial charge in [0, 0.05) is 31.6 Å². The number of nitrogens with one attached hydrogen (secondary N) is 1. The van der Waals surface area contributed by atoms with Gasteiger partial charge >= 0.3 is 0 Å². The summed E-state index contributed by atoms with van der Waals surface area (Å²) in [4.78, 5) is 28.7. The van der Waals surface area contributed by atoms with Gasteiger partial charge in [-0.3, -0.25) is 9.59 Å². The molecule has 0 saturated carbocycles. The van der Waals surface area contributed by atoms with Crippen molar-refractivity contribution in [3.63, 3.8) is 0 Å². The van der Waals surface area contributed by atoms with Gasteiger partial charge in [0.1, 0.15) is 11.9 Å². The molecule has 0 aromatic heterocycles. The molecule has 41 heavy (non-hydrogen) atoms. The van der Waals surface area contributed by atoms with Crippen LogP contribution < -0.4 is 5.32 Å². The van der Waals surface area contributed by atoms with Gasteiger partial charge in [0.25, 0.3) is 0 Å². The molecule has 0 aliphatic heterocycles. The molecule has 0 heterocycles. The molecule has 0 spiro atoms. The van der Waals surface area contributed by atoms with Crippen LogP contribution in [0.1, 0.15) is 25.0 Å². The lowest BCUT2D eigenvalue weighted by molar-refractivity contribution is -0.141. The van der Waals surface area contributed by atoms with Crippen molar-refractivity contribution < 1.29 is 22.4 Å². The van der Waals surface area contributed by atoms with Crippen molar-refractivity contribution in [2.75, 3.05) is 13.6 Å². The van der Waals surface area contributed by atoms with Crippen molar-refractivity contribution in [2.45, 2.75) is 43.8 Å². The number of benzene rings is 4. The summed E-state index contributed by atoms with van der Waals surface area (Å²) in [6, 6.07) is 26.2. The number of sulfonamides is 1. The van der Waals surface area contributed by atoms with Gasteiger partial charge in [-0.2, -0.15) is 4.31 Å². The van der Waals surface area contributed by atoms with E-state index < -0.39 is 40.2 Å². The maximum Gasteiger partial charge on any atom is 0.243 e. The second-order valence-electron chi connectivity index (χ2n) is 10.3. The normalized spacial score (nSPS) is 12.4. The molecule has 1 unspecified atom stereocenters. The van der Waals surface area contributed by atoms with Crippen LogP contribution >= 0.6 is 0 Å². The minimum absolute atomic E-state index is 0.0468. The average molecular weight is 576 g/mol. The fraction of sp³-hybridized carbons (Fsp3) is 0.250. The van der Waals surface area contributed by atoms with Crippen molar-refractivity contribution >= 4 is 32.6 Å². The van der Waals surface area contributed by atoms with Gasteiger partial charge in [-0.05, 0) is 48.4 Å². The predicted octanol–water partition coefficient (Wildman–Crippen LogP) is 4.76. The van der Waals surface area contributed by atoms with Gasteiger partial charge < -0.3 is 10.2 Å². The maximum absolute atomic E-state index is 14.8. The highest BCUT2D eigenvalue weighted by Crippen LogP contribution is 2.22. The minimum atomic E-state index is -4.05. The van der Waals surface area contributed by atoms with Crippen molar-refractivity contribution in [1.29, 1.82) is 0 Å². The Bertz CT molecular complexity index is 1630. The Labute approximate surface area is 240 Å². The number of rotatable bonds is 11. The van der Waals surface area contributed by atoms with E-state index in [2.05, 4.69) is 5.32 Å². The van der Waals surface area contributed by atoms with E-state index in [4.69, 9.17) is 0 Å². The SMILES string of the molecule is CC(C)NC(=O)C(Cc1ccccc1)N(Cc1ccccc1F)C(=O)CN(C)S(=O)(=O)c1ccc2ccccc2c1. The third-order valence-electron chi connectivity index (χ3n) is 6.79. The Morgan fingerprint density at radius 2 is 1.49 bits per heavy atom. The summed E-state index contributed by atoms with van der Waals surface area (Å²) in [7, 11) is -2.73. The van der Waals surface area contributed by atoms with Gasteiger partial charge in [0.15, 0.2) is 0 Å². The highest BCUT2D eigenvalue weighted by atomic mass is 32.2. The first kappa shape index (κ1) is 29.9. The fourth-order valence-electron chi connectivity index (χ4n) is 4.62. The van der Waals surface area contributed by atoms with Crippen LogP contribution in [0.2, 0.25) is 0 Å². The summed E-state index contributed by atoms with van der Waals surface area (Å²) < 4.78 is 42.7. The maximum atomic E-state index is 14.8. The second-order valence-corrected chi connectivity index (χ2v) is 12.3. The number of fused-ring (bicyclic) bond motifs is 1. The number of hydrogen-bond donors (Lipinski definition) is 1. The van der Waals surface area contributed by atoms with E-state index in [0.29, 0.717) is 0 Å². The van der Waals surface area contributed by atoms with Crippen molar-refractivity contribution in [1.82, 2.24) is 14.5 Å². The Morgan fingerprint density at radius 3 is 2.17 bits per heavy atom. The molecule has 1 atom stereocenters. The van der Waals surface area contributed by atoms with E-state index in [1.54, 1.807) is 30.3 Å². The smallest absolute Gasteiger partial charge is 0.243 e. The third kappa shape index (κ3) is 7.36. The van der Waals surface area contributed by atoms with E-state index in [1.807, 2.05) is 68.4 Å². The molecule has 0 aliphatic carbocycles. The van der Waals surface area contributed by atoms with E-state index in [0.717, 1.165) is 20.6 Å². The van der Waals surface area contributed by atoms with Gasteiger partial charge in [0.05, 0.1) is 11.4 Å². The predicted molar refractivity (Wildman–Crippen MR) is 158 cm³/mol. The molecule has 1 N–H and O–H groups in total. The summed E-state index contributed by atoms with van der Waals surface area (Å²) in [5.74, 6) is -1.56. The number of likely N-dealkylation sites (N-methyl/N-ethyl adjacent to an activating group) is 1. The lowest BCUT2D eigenvalue weighted by atomic mass is 10.0. The molecular formula is C32H34FN3O4S. The van der Waals surface area contributed by atoms with Gasteiger partial charge in [-0.15, -0.1) is 0 Å². The van der Waals surface area contributed by atoms with Crippen LogP contribution in [0.5, 0.6) is 0 Å². The monoisotopic (exact) mass is 575 g/mol. The standard InChI is InChI=1S/C32H34FN3O4S/c1-23(2)34-32(38)30(19-24-11-5-4-6-12-24)36(21-27-15-9-10-16-29(27)33)31(37)22-35(3)41(39,40)28-18-17-25-13-7-8-14-26(25)20-28/h4-18,20,23,30H,19,21-22H2,1-3H3,(H,34,38). The summed E-state index contributed by atoms with van der Waals surface area (Å²) in [5.41, 5.74) is 1.02. The molecule has 4 rings (SSSR count). The molecule has 0 aliphatic rings. The lowest BCUT2D eigenvalue weighted by Crippen LogP contribution is -2.54. The molecule has 0 fully saturated rings. The highest BCUT2D eigenvalue weighted by molar-refractivity contribution is 7.89. The van der Waals surface area contributed by atoms with Crippen molar-refractivity contribution in [3.8, 4) is 0 Å². The van der Waals surface area contributed by atoms with Crippen LogP contribution in [0.25, 0.3) is 10.8 Å². The molecule has 0 radical (unpaired) electrons. The number of halogens is 1. The lowest BCUT2D eigenvalue weighted by Gasteiger charge is -2.33. The van der Waals surface area contributed by atoms with Crippen molar-refractivity contribution in [3.05, 3.63) is 114 Å². The Kier molecular flexibility index (Phi) is 9.52. The van der Waals surface area contributed by atoms with Crippen LogP contribution in [0.3, 0.4) is 0 Å². The van der Waals surface area contributed by atoms with Crippen LogP contribution in [0.4, 0.5) is 4.39 Å². The summed E-state index contributed by atoms with van der Waals surface area (Å²) in [6.45, 7) is 2.87. The van der Waals surface area contributed by atoms with Crippen LogP contribution in [0, 0.1) is 5.82 Å². The number of carbonyl (C=O) groups is 2. The molecule has 2 amide bonds. The fourth-order valence-corrected chi connectivity index (χ4v) is 5.78. The average Bonchev–Trinajstić information content (AvgIpc) is 2.95. The first-order valence-electron chi connectivity index (χ1n) is 13.4. The molecule has 4 aromatic rings. The number of hydrogen-bond acceptors (Lipinski definition) is 4. The summed E-state index contributed by atoms with van der Waals surface area (Å²) >= 11 is 0. The van der Waals surface area contributed by atoms with E-state index in [9.17, 15) is 22.4 Å². The Hall–Kier alpha value is -4.08. The van der Waals surface area contributed by atoms with Gasteiger partial charge in [0.2, 0.25) is 21.8 Å². The molecule has 7 nitrogen and oxygen atoms in total. The first-order chi connectivity index (χ1) is 19.6. The second kappa shape index (κ2) is 13.1. The van der Waals surface area contributed by atoms with E-state index in [-0.39, 0.29) is 29.5 Å². The molecule has 0 saturated heterocycles. The molecule has 0 bridgehead atoms. The minimum Gasteiger partial charge on any atom is -0.352 e. The van der Waals surface area contributed by atoms with Crippen LogP contribution in [0.15, 0.2) is 102 Å². The third-order valence-corrected chi connectivity index (χ3v) is 8.59. The molecular weight excluding hydrogens is 541 g/mol. The Morgan fingerprint density at radius 1 is 0.854 bits per heavy atom. The number of carbonyl (C=O) groups excluding carboxylic acids is 2. The zero-order chi connectivity index (χ0) is 29.6. The van der Waals surface area contributed by atoms with Gasteiger partial charge in [-0.1, -0.05) is 78.9 Å². The topological polar surface area (TPSA) is 86.8 Å². The summed E-state index contributed by atoms with van der Waals surface area (Å²) in [6.07, 6.45) is 0.167. The molecule has 9 heteroatoms. The molecule has 4 aromatic carbocycles. The summed E-state index contributed by atoms with van der Waals surface area (Å²) in [5, 5.41) is 4.51. The number of nitrogens with zero attached hydrogens (tertiary/aromatic N) is 2. The zero-order valence-electron chi connectivity index (χ0n) is 23.3. The number of amides is 2. The van der Waals surface area contributed by atoms with Crippen molar-refractivity contribution in [2.24, 2.45) is 0 Å².